The number of allylic oxidation sites excluding steroid dienone is 1. The van der Waals surface area contributed by atoms with Gasteiger partial charge in [0.1, 0.15) is 17.9 Å². The third-order valence-electron chi connectivity index (χ3n) is 11.8. The molecule has 0 radical (unpaired) electrons. The number of benzene rings is 2. The molecule has 0 spiro atoms. The molecule has 306 valence electrons. The monoisotopic (exact) mass is 799 g/mol. The third kappa shape index (κ3) is 8.29. The molecule has 2 aromatic heterocycles. The first kappa shape index (κ1) is 40.7. The number of esters is 1. The Kier molecular flexibility index (Phi) is 12.0. The molecule has 4 heterocycles. The van der Waals surface area contributed by atoms with E-state index in [0.717, 1.165) is 65.4 Å². The van der Waals surface area contributed by atoms with Gasteiger partial charge in [0.25, 0.3) is 5.91 Å². The number of methoxy groups -OCH3 is 1. The molecule has 57 heavy (non-hydrogen) atoms. The maximum atomic E-state index is 14.2. The fourth-order valence-corrected chi connectivity index (χ4v) is 10.3. The first-order chi connectivity index (χ1) is 27.3. The minimum Gasteiger partial charge on any atom is -0.497 e. The highest BCUT2D eigenvalue weighted by Crippen LogP contribution is 2.48. The predicted molar refractivity (Wildman–Crippen MR) is 223 cm³/mol. The highest BCUT2D eigenvalue weighted by atomic mass is 32.2. The highest BCUT2D eigenvalue weighted by Gasteiger charge is 2.34. The number of nitrogens with one attached hydrogen (secondary N) is 1. The second-order valence-electron chi connectivity index (χ2n) is 16.6. The Morgan fingerprint density at radius 2 is 1.75 bits per heavy atom. The Labute approximate surface area is 336 Å². The Morgan fingerprint density at radius 3 is 2.46 bits per heavy atom. The van der Waals surface area contributed by atoms with Crippen LogP contribution in [0, 0.1) is 5.92 Å². The standard InChI is InChI=1S/C44H57N5O7S/c1-8-33-23-55-24-34(47(33)6)25-56-44(51)38-21-45-49(28(4)5)41(38)32-18-31-19-35(54-7)15-17-36(31)42-40(29-12-10-9-11-13-29)37-16-14-30(20-39(37)48(42)22-32)43(50)46-57(52,53)26-27(2)3/h14-21,27-29,33-34H,8-13,22-26H2,1-7H3,(H,46,50). The van der Waals surface area contributed by atoms with Gasteiger partial charge in [-0.05, 0) is 105 Å². The quantitative estimate of drug-likeness (QED) is 0.143. The molecule has 2 aromatic carbocycles. The molecule has 7 rings (SSSR count). The van der Waals surface area contributed by atoms with Gasteiger partial charge in [-0.2, -0.15) is 5.10 Å². The van der Waals surface area contributed by atoms with Crippen LogP contribution in [0.5, 0.6) is 5.75 Å². The summed E-state index contributed by atoms with van der Waals surface area (Å²) in [5.41, 5.74) is 7.17. The molecule has 12 nitrogen and oxygen atoms in total. The van der Waals surface area contributed by atoms with Crippen molar-refractivity contribution in [1.82, 2.24) is 24.0 Å². The van der Waals surface area contributed by atoms with E-state index in [4.69, 9.17) is 19.3 Å². The zero-order valence-electron chi connectivity index (χ0n) is 34.3. The summed E-state index contributed by atoms with van der Waals surface area (Å²) in [7, 11) is -0.128. The Bertz CT molecular complexity index is 2280. The molecule has 0 bridgehead atoms. The average Bonchev–Trinajstić information content (AvgIpc) is 3.72. The van der Waals surface area contributed by atoms with Gasteiger partial charge < -0.3 is 18.8 Å². The molecule has 1 saturated carbocycles. The number of sulfonamides is 1. The molecule has 2 unspecified atom stereocenters. The third-order valence-corrected chi connectivity index (χ3v) is 13.4. The van der Waals surface area contributed by atoms with Crippen LogP contribution in [0.3, 0.4) is 0 Å². The minimum absolute atomic E-state index is 0.0635. The van der Waals surface area contributed by atoms with Gasteiger partial charge in [0, 0.05) is 34.1 Å². The van der Waals surface area contributed by atoms with Gasteiger partial charge in [0.15, 0.2) is 0 Å². The summed E-state index contributed by atoms with van der Waals surface area (Å²) >= 11 is 0. The van der Waals surface area contributed by atoms with Crippen molar-refractivity contribution in [3.05, 3.63) is 70.5 Å². The lowest BCUT2D eigenvalue weighted by Gasteiger charge is -2.38. The van der Waals surface area contributed by atoms with E-state index in [1.807, 2.05) is 42.8 Å². The van der Waals surface area contributed by atoms with E-state index >= 15 is 0 Å². The van der Waals surface area contributed by atoms with Crippen molar-refractivity contribution in [2.75, 3.05) is 39.7 Å². The predicted octanol–water partition coefficient (Wildman–Crippen LogP) is 7.68. The summed E-state index contributed by atoms with van der Waals surface area (Å²) in [4.78, 5) is 30.0. The van der Waals surface area contributed by atoms with Gasteiger partial charge in [-0.15, -0.1) is 0 Å². The average molecular weight is 800 g/mol. The normalized spacial score (nSPS) is 19.3. The summed E-state index contributed by atoms with van der Waals surface area (Å²) in [5, 5.41) is 5.78. The number of hydrogen-bond acceptors (Lipinski definition) is 9. The Balaban J connectivity index is 1.38. The number of carbonyl (C=O) groups excluding carboxylic acids is 2. The van der Waals surface area contributed by atoms with Crippen molar-refractivity contribution in [3.63, 3.8) is 0 Å². The van der Waals surface area contributed by atoms with E-state index in [1.165, 1.54) is 12.0 Å². The van der Waals surface area contributed by atoms with Crippen molar-refractivity contribution in [1.29, 1.82) is 0 Å². The van der Waals surface area contributed by atoms with Crippen LogP contribution in [0.2, 0.25) is 0 Å². The molecule has 3 aliphatic rings. The van der Waals surface area contributed by atoms with Crippen molar-refractivity contribution in [3.8, 4) is 17.0 Å². The molecule has 1 saturated heterocycles. The van der Waals surface area contributed by atoms with E-state index in [2.05, 4.69) is 40.3 Å². The molecular formula is C44H57N5O7S. The van der Waals surface area contributed by atoms with Gasteiger partial charge in [-0.1, -0.05) is 46.1 Å². The van der Waals surface area contributed by atoms with Crippen molar-refractivity contribution < 1.29 is 32.2 Å². The van der Waals surface area contributed by atoms with Crippen LogP contribution in [0.25, 0.3) is 33.8 Å². The first-order valence-electron chi connectivity index (χ1n) is 20.4. The molecule has 1 aliphatic carbocycles. The van der Waals surface area contributed by atoms with Crippen LogP contribution in [0.15, 0.2) is 42.6 Å². The van der Waals surface area contributed by atoms with Crippen LogP contribution in [0.4, 0.5) is 0 Å². The van der Waals surface area contributed by atoms with Gasteiger partial charge in [-0.25, -0.2) is 17.9 Å². The minimum atomic E-state index is -3.84. The van der Waals surface area contributed by atoms with Gasteiger partial charge in [-0.3, -0.25) is 14.4 Å². The van der Waals surface area contributed by atoms with Crippen molar-refractivity contribution >= 4 is 44.5 Å². The summed E-state index contributed by atoms with van der Waals surface area (Å²) in [6, 6.07) is 11.7. The summed E-state index contributed by atoms with van der Waals surface area (Å²) in [5.74, 6) is -0.415. The molecule has 13 heteroatoms. The molecule has 2 aliphatic heterocycles. The van der Waals surface area contributed by atoms with Gasteiger partial charge >= 0.3 is 5.97 Å². The number of rotatable bonds is 12. The maximum absolute atomic E-state index is 14.2. The van der Waals surface area contributed by atoms with E-state index in [9.17, 15) is 18.0 Å². The van der Waals surface area contributed by atoms with Crippen LogP contribution in [-0.2, 0) is 26.0 Å². The maximum Gasteiger partial charge on any atom is 0.342 e. The number of hydrogen-bond donors (Lipinski definition) is 1. The smallest absolute Gasteiger partial charge is 0.342 e. The number of nitrogens with zero attached hydrogens (tertiary/aromatic N) is 4. The number of ether oxygens (including phenoxy) is 3. The number of amides is 1. The first-order valence-corrected chi connectivity index (χ1v) is 22.1. The zero-order chi connectivity index (χ0) is 40.6. The summed E-state index contributed by atoms with van der Waals surface area (Å²) in [6.45, 7) is 11.5. The Hall–Kier alpha value is -4.46. The second-order valence-corrected chi connectivity index (χ2v) is 18.4. The lowest BCUT2D eigenvalue weighted by Crippen LogP contribution is -2.51. The SMILES string of the molecule is CCC1COCC(COC(=O)c2cnn(C(C)C)c2C2=Cc3cc(OC)ccc3-c3c(C4CCCCC4)c4ccc(C(=O)NS(=O)(=O)CC(C)C)cc4n3C2)N1C. The number of likely N-dealkylation sites (N-methyl/N-ethyl adjacent to an activating group) is 1. The highest BCUT2D eigenvalue weighted by molar-refractivity contribution is 7.90. The van der Waals surface area contributed by atoms with Crippen molar-refractivity contribution in [2.45, 2.75) is 104 Å². The molecular weight excluding hydrogens is 743 g/mol. The number of morpholine rings is 1. The van der Waals surface area contributed by atoms with Crippen LogP contribution in [0.1, 0.15) is 123 Å². The molecule has 4 aromatic rings. The summed E-state index contributed by atoms with van der Waals surface area (Å²) in [6.07, 6.45) is 10.2. The molecule has 2 fully saturated rings. The Morgan fingerprint density at radius 1 is 1.00 bits per heavy atom. The second kappa shape index (κ2) is 16.8. The number of aromatic nitrogens is 3. The lowest BCUT2D eigenvalue weighted by molar-refractivity contribution is -0.0576. The van der Waals surface area contributed by atoms with Gasteiger partial charge in [0.2, 0.25) is 10.0 Å². The van der Waals surface area contributed by atoms with E-state index in [-0.39, 0.29) is 42.0 Å². The topological polar surface area (TPSA) is 134 Å². The lowest BCUT2D eigenvalue weighted by atomic mass is 9.81. The van der Waals surface area contributed by atoms with E-state index in [1.54, 1.807) is 33.2 Å². The number of fused-ring (bicyclic) bond motifs is 5. The van der Waals surface area contributed by atoms with E-state index < -0.39 is 21.9 Å². The number of carbonyl (C=O) groups is 2. The van der Waals surface area contributed by atoms with Crippen LogP contribution >= 0.6 is 0 Å². The zero-order valence-corrected chi connectivity index (χ0v) is 35.2. The molecule has 1 N–H and O–H groups in total. The molecule has 1 amide bonds. The fraction of sp³-hybridized carbons (Fsp3) is 0.523. The summed E-state index contributed by atoms with van der Waals surface area (Å²) < 4.78 is 49.9. The molecule has 2 atom stereocenters. The van der Waals surface area contributed by atoms with Crippen LogP contribution in [-0.4, -0.2) is 91.4 Å². The van der Waals surface area contributed by atoms with Crippen LogP contribution < -0.4 is 9.46 Å². The fourth-order valence-electron chi connectivity index (χ4n) is 8.92. The largest absolute Gasteiger partial charge is 0.497 e. The van der Waals surface area contributed by atoms with Crippen molar-refractivity contribution in [2.24, 2.45) is 5.92 Å². The van der Waals surface area contributed by atoms with Gasteiger partial charge in [0.05, 0.1) is 56.2 Å². The van der Waals surface area contributed by atoms with E-state index in [0.29, 0.717) is 42.7 Å².